The van der Waals surface area contributed by atoms with E-state index in [0.717, 1.165) is 29.4 Å². The Bertz CT molecular complexity index is 412. The second-order valence-electron chi connectivity index (χ2n) is 5.16. The molecule has 2 rings (SSSR count). The van der Waals surface area contributed by atoms with E-state index in [0.29, 0.717) is 0 Å². The van der Waals surface area contributed by atoms with E-state index < -0.39 is 0 Å². The Morgan fingerprint density at radius 2 is 1.94 bits per heavy atom. The fraction of sp³-hybridized carbons (Fsp3) is 0.571. The minimum absolute atomic E-state index is 0.0333. The van der Waals surface area contributed by atoms with Gasteiger partial charge in [0, 0.05) is 29.8 Å². The second kappa shape index (κ2) is 5.47. The second-order valence-corrected chi connectivity index (χ2v) is 5.56. The number of ether oxygens (including phenoxy) is 1. The molecular weight excluding hydrogens is 248 g/mol. The summed E-state index contributed by atoms with van der Waals surface area (Å²) in [6.07, 6.45) is 0.501. The zero-order valence-electron chi connectivity index (χ0n) is 11.2. The monoisotopic (exact) mass is 268 g/mol. The van der Waals surface area contributed by atoms with Crippen LogP contribution in [-0.4, -0.2) is 25.3 Å². The van der Waals surface area contributed by atoms with Gasteiger partial charge < -0.3 is 15.4 Å². The van der Waals surface area contributed by atoms with Crippen LogP contribution in [0.3, 0.4) is 0 Å². The van der Waals surface area contributed by atoms with Crippen LogP contribution in [0.5, 0.6) is 0 Å². The summed E-state index contributed by atoms with van der Waals surface area (Å²) in [5.41, 5.74) is 8.01. The molecule has 1 saturated heterocycles. The summed E-state index contributed by atoms with van der Waals surface area (Å²) >= 11 is 6.28. The molecule has 2 N–H and O–H groups in total. The van der Waals surface area contributed by atoms with Gasteiger partial charge in [-0.2, -0.15) is 0 Å². The standard InChI is InChI=1S/C14H21ClN2O/c1-9-7-17(8-10(2)18-9)12-4-5-13(11(3)16)14(15)6-12/h4-6,9-11H,7-8,16H2,1-3H3/t9-,10+,11?. The molecule has 3 atom stereocenters. The molecule has 0 spiro atoms. The maximum atomic E-state index is 6.28. The highest BCUT2D eigenvalue weighted by atomic mass is 35.5. The van der Waals surface area contributed by atoms with Crippen molar-refractivity contribution in [1.82, 2.24) is 0 Å². The first-order valence-electron chi connectivity index (χ1n) is 6.43. The van der Waals surface area contributed by atoms with Crippen LogP contribution in [0.1, 0.15) is 32.4 Å². The van der Waals surface area contributed by atoms with Crippen molar-refractivity contribution in [3.05, 3.63) is 28.8 Å². The zero-order valence-corrected chi connectivity index (χ0v) is 11.9. The lowest BCUT2D eigenvalue weighted by molar-refractivity contribution is -0.00521. The van der Waals surface area contributed by atoms with Crippen LogP contribution in [-0.2, 0) is 4.74 Å². The highest BCUT2D eigenvalue weighted by Crippen LogP contribution is 2.28. The van der Waals surface area contributed by atoms with E-state index in [2.05, 4.69) is 24.8 Å². The normalized spacial score (nSPS) is 26.2. The average Bonchev–Trinajstić information content (AvgIpc) is 2.26. The lowest BCUT2D eigenvalue weighted by atomic mass is 10.1. The van der Waals surface area contributed by atoms with E-state index in [1.807, 2.05) is 19.1 Å². The molecule has 1 heterocycles. The van der Waals surface area contributed by atoms with Crippen LogP contribution in [0, 0.1) is 0 Å². The fourth-order valence-corrected chi connectivity index (χ4v) is 2.82. The molecular formula is C14H21ClN2O. The van der Waals surface area contributed by atoms with Gasteiger partial charge in [0.1, 0.15) is 0 Å². The number of halogens is 1. The van der Waals surface area contributed by atoms with Crippen molar-refractivity contribution in [2.45, 2.75) is 39.0 Å². The van der Waals surface area contributed by atoms with E-state index in [9.17, 15) is 0 Å². The minimum Gasteiger partial charge on any atom is -0.372 e. The molecule has 4 heteroatoms. The van der Waals surface area contributed by atoms with Crippen molar-refractivity contribution < 1.29 is 4.74 Å². The number of anilines is 1. The number of benzene rings is 1. The molecule has 1 aromatic carbocycles. The molecule has 18 heavy (non-hydrogen) atoms. The molecule has 0 amide bonds. The molecule has 100 valence electrons. The molecule has 3 nitrogen and oxygen atoms in total. The Morgan fingerprint density at radius 1 is 1.33 bits per heavy atom. The van der Waals surface area contributed by atoms with Gasteiger partial charge in [0.05, 0.1) is 12.2 Å². The number of hydrogen-bond acceptors (Lipinski definition) is 3. The Balaban J connectivity index is 2.21. The van der Waals surface area contributed by atoms with Crippen molar-refractivity contribution in [2.24, 2.45) is 5.73 Å². The van der Waals surface area contributed by atoms with Crippen LogP contribution in [0.25, 0.3) is 0 Å². The molecule has 0 bridgehead atoms. The summed E-state index contributed by atoms with van der Waals surface area (Å²) in [6.45, 7) is 7.94. The first-order valence-corrected chi connectivity index (χ1v) is 6.80. The molecule has 0 aliphatic carbocycles. The van der Waals surface area contributed by atoms with E-state index in [4.69, 9.17) is 22.1 Å². The number of rotatable bonds is 2. The van der Waals surface area contributed by atoms with Gasteiger partial charge >= 0.3 is 0 Å². The predicted octanol–water partition coefficient (Wildman–Crippen LogP) is 2.97. The summed E-state index contributed by atoms with van der Waals surface area (Å²) in [5.74, 6) is 0. The van der Waals surface area contributed by atoms with Gasteiger partial charge in [-0.05, 0) is 38.5 Å². The van der Waals surface area contributed by atoms with Crippen LogP contribution in [0.15, 0.2) is 18.2 Å². The first kappa shape index (κ1) is 13.7. The largest absolute Gasteiger partial charge is 0.372 e. The van der Waals surface area contributed by atoms with Gasteiger partial charge in [0.2, 0.25) is 0 Å². The smallest absolute Gasteiger partial charge is 0.0726 e. The van der Waals surface area contributed by atoms with Crippen molar-refractivity contribution in [1.29, 1.82) is 0 Å². The number of hydrogen-bond donors (Lipinski definition) is 1. The Kier molecular flexibility index (Phi) is 4.15. The summed E-state index contributed by atoms with van der Waals surface area (Å²) in [7, 11) is 0. The van der Waals surface area contributed by atoms with Crippen LogP contribution in [0.4, 0.5) is 5.69 Å². The predicted molar refractivity (Wildman–Crippen MR) is 76.3 cm³/mol. The Morgan fingerprint density at radius 3 is 2.44 bits per heavy atom. The summed E-state index contributed by atoms with van der Waals surface area (Å²) in [5, 5.41) is 0.745. The molecule has 1 aliphatic rings. The number of morpholine rings is 1. The molecule has 0 radical (unpaired) electrons. The quantitative estimate of drug-likeness (QED) is 0.896. The lowest BCUT2D eigenvalue weighted by Gasteiger charge is -2.37. The van der Waals surface area contributed by atoms with Gasteiger partial charge in [-0.15, -0.1) is 0 Å². The summed E-state index contributed by atoms with van der Waals surface area (Å²) in [4.78, 5) is 2.32. The van der Waals surface area contributed by atoms with E-state index in [-0.39, 0.29) is 18.2 Å². The number of nitrogens with zero attached hydrogens (tertiary/aromatic N) is 1. The molecule has 1 aromatic rings. The van der Waals surface area contributed by atoms with Crippen LogP contribution >= 0.6 is 11.6 Å². The van der Waals surface area contributed by atoms with Crippen molar-refractivity contribution in [3.8, 4) is 0 Å². The summed E-state index contributed by atoms with van der Waals surface area (Å²) in [6, 6.07) is 6.09. The Hall–Kier alpha value is -0.770. The Labute approximate surface area is 114 Å². The van der Waals surface area contributed by atoms with Crippen molar-refractivity contribution in [3.63, 3.8) is 0 Å². The van der Waals surface area contributed by atoms with Crippen molar-refractivity contribution >= 4 is 17.3 Å². The highest BCUT2D eigenvalue weighted by Gasteiger charge is 2.22. The van der Waals surface area contributed by atoms with E-state index in [1.54, 1.807) is 0 Å². The van der Waals surface area contributed by atoms with Gasteiger partial charge in [0.15, 0.2) is 0 Å². The highest BCUT2D eigenvalue weighted by molar-refractivity contribution is 6.31. The van der Waals surface area contributed by atoms with Crippen molar-refractivity contribution in [2.75, 3.05) is 18.0 Å². The molecule has 0 aromatic heterocycles. The third-order valence-electron chi connectivity index (χ3n) is 3.26. The average molecular weight is 269 g/mol. The first-order chi connectivity index (χ1) is 8.47. The fourth-order valence-electron chi connectivity index (χ4n) is 2.47. The molecule has 1 aliphatic heterocycles. The van der Waals surface area contributed by atoms with E-state index >= 15 is 0 Å². The van der Waals surface area contributed by atoms with Crippen LogP contribution in [0.2, 0.25) is 5.02 Å². The molecule has 1 unspecified atom stereocenters. The SMILES string of the molecule is CC(N)c1ccc(N2C[C@@H](C)O[C@@H](C)C2)cc1Cl. The third-order valence-corrected chi connectivity index (χ3v) is 3.59. The zero-order chi connectivity index (χ0) is 13.3. The maximum Gasteiger partial charge on any atom is 0.0726 e. The van der Waals surface area contributed by atoms with Crippen LogP contribution < -0.4 is 10.6 Å². The molecule has 1 fully saturated rings. The minimum atomic E-state index is -0.0333. The van der Waals surface area contributed by atoms with Gasteiger partial charge in [-0.1, -0.05) is 17.7 Å². The molecule has 0 saturated carbocycles. The van der Waals surface area contributed by atoms with Gasteiger partial charge in [0.25, 0.3) is 0 Å². The third kappa shape index (κ3) is 2.97. The summed E-state index contributed by atoms with van der Waals surface area (Å²) < 4.78 is 5.74. The maximum absolute atomic E-state index is 6.28. The van der Waals surface area contributed by atoms with Gasteiger partial charge in [-0.25, -0.2) is 0 Å². The number of nitrogens with two attached hydrogens (primary N) is 1. The topological polar surface area (TPSA) is 38.5 Å². The lowest BCUT2D eigenvalue weighted by Crippen LogP contribution is -2.45. The van der Waals surface area contributed by atoms with E-state index in [1.165, 1.54) is 0 Å². The van der Waals surface area contributed by atoms with Gasteiger partial charge in [-0.3, -0.25) is 0 Å².